The Morgan fingerprint density at radius 2 is 1.83 bits per heavy atom. The van der Waals surface area contributed by atoms with Gasteiger partial charge in [-0.2, -0.15) is 0 Å². The second kappa shape index (κ2) is 8.04. The lowest BCUT2D eigenvalue weighted by Crippen LogP contribution is -2.13. The van der Waals surface area contributed by atoms with Gasteiger partial charge in [0.1, 0.15) is 5.82 Å². The molecule has 0 fully saturated rings. The number of rotatable bonds is 5. The lowest BCUT2D eigenvalue weighted by Gasteiger charge is -2.12. The highest BCUT2D eigenvalue weighted by atomic mass is 35.5. The summed E-state index contributed by atoms with van der Waals surface area (Å²) in [6, 6.07) is 9.44. The van der Waals surface area contributed by atoms with Crippen LogP contribution in [0.2, 0.25) is 5.02 Å². The van der Waals surface area contributed by atoms with Gasteiger partial charge in [0.2, 0.25) is 0 Å². The van der Waals surface area contributed by atoms with Gasteiger partial charge in [0.05, 0.1) is 14.8 Å². The third-order valence-electron chi connectivity index (χ3n) is 4.93. The monoisotopic (exact) mass is 447 g/mol. The predicted molar refractivity (Wildman–Crippen MR) is 112 cm³/mol. The molecule has 0 aliphatic carbocycles. The van der Waals surface area contributed by atoms with Crippen molar-refractivity contribution in [1.29, 1.82) is 0 Å². The number of hydrogen-bond donors (Lipinski definition) is 1. The number of non-ortho nitro benzene ring substituents is 1. The minimum absolute atomic E-state index is 0.0825. The van der Waals surface area contributed by atoms with Crippen molar-refractivity contribution in [3.8, 4) is 11.4 Å². The molecule has 0 bridgehead atoms. The molecule has 30 heavy (non-hydrogen) atoms. The molecule has 11 heteroatoms. The van der Waals surface area contributed by atoms with Crippen LogP contribution in [0, 0.1) is 10.1 Å². The molecule has 2 heterocycles. The molecule has 0 saturated heterocycles. The molecule has 2 aromatic carbocycles. The van der Waals surface area contributed by atoms with E-state index in [0.29, 0.717) is 22.1 Å². The van der Waals surface area contributed by atoms with Crippen molar-refractivity contribution in [3.05, 3.63) is 63.4 Å². The first kappa shape index (κ1) is 20.3. The summed E-state index contributed by atoms with van der Waals surface area (Å²) < 4.78 is 29.9. The molecule has 1 aromatic heterocycles. The number of anilines is 1. The maximum Gasteiger partial charge on any atom is 0.269 e. The molecule has 1 aliphatic rings. The summed E-state index contributed by atoms with van der Waals surface area (Å²) in [4.78, 5) is 10.1. The molecular formula is C19H18ClN5O4S. The maximum absolute atomic E-state index is 12.7. The minimum atomic E-state index is -3.94. The molecule has 9 nitrogen and oxygen atoms in total. The topological polar surface area (TPSA) is 120 Å². The molecule has 0 radical (unpaired) electrons. The Balaban J connectivity index is 1.65. The van der Waals surface area contributed by atoms with Gasteiger partial charge in [0, 0.05) is 36.3 Å². The smallest absolute Gasteiger partial charge is 0.269 e. The predicted octanol–water partition coefficient (Wildman–Crippen LogP) is 4.03. The molecule has 0 atom stereocenters. The first-order chi connectivity index (χ1) is 14.3. The van der Waals surface area contributed by atoms with Crippen molar-refractivity contribution in [2.45, 2.75) is 37.1 Å². The Morgan fingerprint density at radius 1 is 1.07 bits per heavy atom. The number of hydrogen-bond acceptors (Lipinski definition) is 6. The highest BCUT2D eigenvalue weighted by Crippen LogP contribution is 2.32. The fraction of sp³-hybridized carbons (Fsp3) is 0.263. The molecule has 1 aliphatic heterocycles. The number of nitro benzene ring substituents is 1. The van der Waals surface area contributed by atoms with Crippen LogP contribution >= 0.6 is 11.6 Å². The molecule has 3 aromatic rings. The van der Waals surface area contributed by atoms with Gasteiger partial charge in [-0.3, -0.25) is 14.8 Å². The third kappa shape index (κ3) is 4.01. The number of benzene rings is 2. The number of sulfonamides is 1. The van der Waals surface area contributed by atoms with Gasteiger partial charge in [-0.25, -0.2) is 8.42 Å². The molecule has 0 amide bonds. The molecule has 4 rings (SSSR count). The molecule has 0 spiro atoms. The van der Waals surface area contributed by atoms with Gasteiger partial charge < -0.3 is 4.57 Å². The van der Waals surface area contributed by atoms with Crippen LogP contribution in [-0.2, 0) is 23.0 Å². The van der Waals surface area contributed by atoms with Crippen molar-refractivity contribution < 1.29 is 13.3 Å². The van der Waals surface area contributed by atoms with E-state index < -0.39 is 14.9 Å². The van der Waals surface area contributed by atoms with Gasteiger partial charge in [-0.15, -0.1) is 10.2 Å². The highest BCUT2D eigenvalue weighted by molar-refractivity contribution is 7.92. The highest BCUT2D eigenvalue weighted by Gasteiger charge is 2.20. The van der Waals surface area contributed by atoms with E-state index in [9.17, 15) is 18.5 Å². The summed E-state index contributed by atoms with van der Waals surface area (Å²) in [7, 11) is -3.94. The summed E-state index contributed by atoms with van der Waals surface area (Å²) in [6.07, 6.45) is 4.03. The lowest BCUT2D eigenvalue weighted by molar-refractivity contribution is -0.384. The van der Waals surface area contributed by atoms with Gasteiger partial charge in [-0.1, -0.05) is 18.0 Å². The van der Waals surface area contributed by atoms with Crippen molar-refractivity contribution in [2.75, 3.05) is 4.72 Å². The fourth-order valence-electron chi connectivity index (χ4n) is 3.41. The van der Waals surface area contributed by atoms with E-state index in [-0.39, 0.29) is 10.6 Å². The van der Waals surface area contributed by atoms with E-state index in [1.165, 1.54) is 12.1 Å². The average Bonchev–Trinajstić information content (AvgIpc) is 2.97. The Kier molecular flexibility index (Phi) is 5.44. The third-order valence-corrected chi connectivity index (χ3v) is 6.65. The fourth-order valence-corrected chi connectivity index (χ4v) is 4.66. The van der Waals surface area contributed by atoms with E-state index >= 15 is 0 Å². The first-order valence-corrected chi connectivity index (χ1v) is 11.2. The zero-order valence-electron chi connectivity index (χ0n) is 15.8. The number of aryl methyl sites for hydroxylation is 1. The van der Waals surface area contributed by atoms with Crippen LogP contribution in [0.3, 0.4) is 0 Å². The number of halogens is 1. The van der Waals surface area contributed by atoms with Crippen molar-refractivity contribution >= 4 is 33.0 Å². The largest absolute Gasteiger partial charge is 0.311 e. The van der Waals surface area contributed by atoms with Crippen LogP contribution in [-0.4, -0.2) is 28.1 Å². The minimum Gasteiger partial charge on any atom is -0.311 e. The summed E-state index contributed by atoms with van der Waals surface area (Å²) >= 11 is 6.38. The van der Waals surface area contributed by atoms with Gasteiger partial charge in [-0.05, 0) is 43.2 Å². The van der Waals surface area contributed by atoms with E-state index in [4.69, 9.17) is 11.6 Å². The molecule has 156 valence electrons. The van der Waals surface area contributed by atoms with Gasteiger partial charge in [0.25, 0.3) is 15.7 Å². The molecule has 1 N–H and O–H groups in total. The van der Waals surface area contributed by atoms with Crippen LogP contribution in [0.1, 0.15) is 25.1 Å². The Bertz CT molecular complexity index is 1210. The normalized spacial score (nSPS) is 14.0. The lowest BCUT2D eigenvalue weighted by atomic mass is 10.2. The molecular weight excluding hydrogens is 430 g/mol. The zero-order valence-corrected chi connectivity index (χ0v) is 17.4. The number of nitrogens with zero attached hydrogens (tertiary/aromatic N) is 4. The zero-order chi connectivity index (χ0) is 21.3. The first-order valence-electron chi connectivity index (χ1n) is 9.34. The summed E-state index contributed by atoms with van der Waals surface area (Å²) in [5.74, 6) is 1.50. The number of nitrogens with one attached hydrogen (secondary N) is 1. The standard InChI is InChI=1S/C19H18ClN5O4S/c20-17-10-5-13(23-30(28,29)15-8-6-14(7-9-15)25(26)27)12-16(17)19-22-21-18-4-2-1-3-11-24(18)19/h5-10,12,23H,1-4,11H2. The second-order valence-electron chi connectivity index (χ2n) is 6.95. The van der Waals surface area contributed by atoms with Crippen molar-refractivity contribution in [3.63, 3.8) is 0 Å². The van der Waals surface area contributed by atoms with Crippen molar-refractivity contribution in [2.24, 2.45) is 0 Å². The SMILES string of the molecule is O=[N+]([O-])c1ccc(S(=O)(=O)Nc2ccc(Cl)c(-c3nnc4n3CCCCC4)c2)cc1. The van der Waals surface area contributed by atoms with Crippen LogP contribution in [0.4, 0.5) is 11.4 Å². The average molecular weight is 448 g/mol. The summed E-state index contributed by atoms with van der Waals surface area (Å²) in [5.41, 5.74) is 0.704. The number of fused-ring (bicyclic) bond motifs is 1. The van der Waals surface area contributed by atoms with Crippen LogP contribution in [0.15, 0.2) is 47.4 Å². The van der Waals surface area contributed by atoms with Crippen LogP contribution in [0.25, 0.3) is 11.4 Å². The van der Waals surface area contributed by atoms with E-state index in [1.807, 2.05) is 4.57 Å². The Labute approximate surface area is 177 Å². The molecule has 0 saturated carbocycles. The number of aromatic nitrogens is 3. The van der Waals surface area contributed by atoms with Crippen molar-refractivity contribution in [1.82, 2.24) is 14.8 Å². The summed E-state index contributed by atoms with van der Waals surface area (Å²) in [6.45, 7) is 0.784. The number of nitro groups is 1. The van der Waals surface area contributed by atoms with Gasteiger partial charge >= 0.3 is 0 Å². The Hall–Kier alpha value is -2.98. The summed E-state index contributed by atoms with van der Waals surface area (Å²) in [5, 5.41) is 19.8. The Morgan fingerprint density at radius 3 is 2.57 bits per heavy atom. The second-order valence-corrected chi connectivity index (χ2v) is 9.04. The molecule has 0 unspecified atom stereocenters. The van der Waals surface area contributed by atoms with E-state index in [1.54, 1.807) is 18.2 Å². The van der Waals surface area contributed by atoms with E-state index in [2.05, 4.69) is 14.9 Å². The van der Waals surface area contributed by atoms with Gasteiger partial charge in [0.15, 0.2) is 5.82 Å². The quantitative estimate of drug-likeness (QED) is 0.465. The van der Waals surface area contributed by atoms with E-state index in [0.717, 1.165) is 50.2 Å². The van der Waals surface area contributed by atoms with Crippen LogP contribution < -0.4 is 4.72 Å². The van der Waals surface area contributed by atoms with Crippen LogP contribution in [0.5, 0.6) is 0 Å². The maximum atomic E-state index is 12.7.